The molecule has 6 aromatic rings. The number of ether oxygens (including phenoxy) is 3. The number of hydrazone groups is 4. The SMILES string of the molecule is O=C(Cl)Oc1ccc([N+](=O)[O-])cc1.O=C(OCCCc1cccnc1C1=NNC(c2ccccn2)=NN1)Oc1ccc([N+](=O)[O-])cc1.OCCCc1cccnc1C1=NNC(c2ccccn2)=NN1. The summed E-state index contributed by atoms with van der Waals surface area (Å²) in [5.41, 5.74) is 15.0. The van der Waals surface area contributed by atoms with E-state index in [1.807, 2.05) is 60.7 Å². The van der Waals surface area contributed by atoms with Gasteiger partial charge in [-0.3, -0.25) is 61.9 Å². The van der Waals surface area contributed by atoms with E-state index in [1.54, 1.807) is 24.8 Å². The van der Waals surface area contributed by atoms with Crippen LogP contribution in [0.1, 0.15) is 46.7 Å². The zero-order valence-corrected chi connectivity index (χ0v) is 36.7. The summed E-state index contributed by atoms with van der Waals surface area (Å²) in [6.45, 7) is 0.259. The topological polar surface area (TPSA) is 317 Å². The third-order valence-electron chi connectivity index (χ3n) is 9.05. The molecule has 25 heteroatoms. The lowest BCUT2D eigenvalue weighted by atomic mass is 10.1. The van der Waals surface area contributed by atoms with E-state index in [1.165, 1.54) is 48.5 Å². The number of aliphatic hydroxyl groups is 1. The first kappa shape index (κ1) is 49.2. The highest BCUT2D eigenvalue weighted by atomic mass is 35.5. The van der Waals surface area contributed by atoms with Crippen LogP contribution in [0.4, 0.5) is 21.0 Å². The summed E-state index contributed by atoms with van der Waals surface area (Å²) in [4.78, 5) is 59.1. The normalized spacial score (nSPS) is 12.3. The number of aryl methyl sites for hydroxylation is 2. The minimum atomic E-state index is -0.978. The lowest BCUT2D eigenvalue weighted by Crippen LogP contribution is -2.36. The summed E-state index contributed by atoms with van der Waals surface area (Å²) in [6, 6.07) is 28.8. The summed E-state index contributed by atoms with van der Waals surface area (Å²) in [5, 5.41) is 47.0. The van der Waals surface area contributed by atoms with Crippen molar-refractivity contribution in [2.45, 2.75) is 25.7 Å². The molecular weight excluding hydrogens is 920 g/mol. The number of hydrogen-bond acceptors (Lipinski definition) is 22. The molecule has 0 radical (unpaired) electrons. The molecule has 352 valence electrons. The van der Waals surface area contributed by atoms with Gasteiger partial charge in [0.2, 0.25) is 0 Å². The molecule has 0 fully saturated rings. The molecule has 8 rings (SSSR count). The summed E-state index contributed by atoms with van der Waals surface area (Å²) in [5.74, 6) is 2.37. The first-order valence-electron chi connectivity index (χ1n) is 20.5. The number of aliphatic hydroxyl groups excluding tert-OH is 1. The van der Waals surface area contributed by atoms with Crippen molar-refractivity contribution in [2.75, 3.05) is 13.2 Å². The average Bonchev–Trinajstić information content (AvgIpc) is 3.38. The number of non-ortho nitro benzene ring substituents is 2. The monoisotopic (exact) mass is 958 g/mol. The van der Waals surface area contributed by atoms with Crippen LogP contribution in [-0.4, -0.2) is 83.0 Å². The van der Waals surface area contributed by atoms with Gasteiger partial charge in [0, 0.05) is 67.3 Å². The Morgan fingerprint density at radius 3 is 1.39 bits per heavy atom. The van der Waals surface area contributed by atoms with Crippen LogP contribution in [0.15, 0.2) is 154 Å². The Morgan fingerprint density at radius 2 is 0.986 bits per heavy atom. The molecule has 0 aliphatic carbocycles. The third kappa shape index (κ3) is 15.1. The number of nitrogens with one attached hydrogen (secondary N) is 4. The Kier molecular flexibility index (Phi) is 18.1. The molecule has 24 nitrogen and oxygen atoms in total. The number of rotatable bonds is 15. The number of carbonyl (C=O) groups excluding carboxylic acids is 2. The van der Waals surface area contributed by atoms with Crippen LogP contribution in [0.3, 0.4) is 0 Å². The Labute approximate surface area is 396 Å². The van der Waals surface area contributed by atoms with Crippen LogP contribution in [0, 0.1) is 20.2 Å². The number of nitro groups is 2. The molecule has 2 aromatic carbocycles. The fourth-order valence-corrected chi connectivity index (χ4v) is 5.96. The van der Waals surface area contributed by atoms with Crippen molar-refractivity contribution in [2.24, 2.45) is 20.4 Å². The molecule has 0 atom stereocenters. The predicted octanol–water partition coefficient (Wildman–Crippen LogP) is 5.70. The van der Waals surface area contributed by atoms with Gasteiger partial charge in [-0.05, 0) is 97.5 Å². The molecule has 4 aromatic heterocycles. The van der Waals surface area contributed by atoms with Crippen molar-refractivity contribution in [1.82, 2.24) is 41.6 Å². The van der Waals surface area contributed by atoms with Crippen LogP contribution in [0.5, 0.6) is 11.5 Å². The number of carbonyl (C=O) groups is 2. The highest BCUT2D eigenvalue weighted by Gasteiger charge is 2.18. The highest BCUT2D eigenvalue weighted by molar-refractivity contribution is 6.61. The van der Waals surface area contributed by atoms with Crippen molar-refractivity contribution in [3.63, 3.8) is 0 Å². The zero-order chi connectivity index (χ0) is 48.8. The minimum absolute atomic E-state index is 0.0747. The maximum atomic E-state index is 11.9. The van der Waals surface area contributed by atoms with Gasteiger partial charge in [-0.2, -0.15) is 20.4 Å². The molecule has 69 heavy (non-hydrogen) atoms. The van der Waals surface area contributed by atoms with Crippen molar-refractivity contribution in [3.05, 3.63) is 188 Å². The maximum absolute atomic E-state index is 11.9. The molecule has 0 saturated heterocycles. The Balaban J connectivity index is 0.000000190. The van der Waals surface area contributed by atoms with Gasteiger partial charge in [-0.1, -0.05) is 24.3 Å². The molecule has 2 aliphatic rings. The van der Waals surface area contributed by atoms with E-state index < -0.39 is 21.4 Å². The van der Waals surface area contributed by atoms with Crippen LogP contribution in [0.25, 0.3) is 0 Å². The predicted molar refractivity (Wildman–Crippen MR) is 249 cm³/mol. The van der Waals surface area contributed by atoms with E-state index in [4.69, 9.17) is 26.2 Å². The Morgan fingerprint density at radius 1 is 0.551 bits per heavy atom. The number of nitrogens with zero attached hydrogens (tertiary/aromatic N) is 10. The van der Waals surface area contributed by atoms with Crippen LogP contribution >= 0.6 is 11.6 Å². The van der Waals surface area contributed by atoms with Gasteiger partial charge in [0.1, 0.15) is 34.3 Å². The standard InChI is InChI=1S/C22H19N7O5.C15H16N6O.C7H4ClNO4/c30-22(34-17-10-8-16(9-11-17)29(31)32)33-14-4-6-15-5-3-13-24-19(15)21-27-25-20(26-28-21)18-7-1-2-12-23-18;22-10-4-6-11-5-3-9-17-13(11)15-20-18-14(19-21-15)12-7-1-2-8-16-12;8-7(10)13-6-3-1-5(2-4-6)9(11)12/h1-3,5,7-13H,4,6,14H2,(H,25,26)(H,27,28);1-3,5,7-9,22H,4,6,10H2,(H,18,19)(H,20,21);1-4H. The van der Waals surface area contributed by atoms with Crippen LogP contribution in [0.2, 0.25) is 0 Å². The number of aromatic nitrogens is 4. The zero-order valence-electron chi connectivity index (χ0n) is 35.9. The fourth-order valence-electron chi connectivity index (χ4n) is 5.87. The summed E-state index contributed by atoms with van der Waals surface area (Å²) in [6.07, 6.45) is 8.32. The molecule has 0 bridgehead atoms. The largest absolute Gasteiger partial charge is 0.513 e. The number of pyridine rings is 4. The van der Waals surface area contributed by atoms with Crippen LogP contribution in [-0.2, 0) is 17.6 Å². The molecule has 5 N–H and O–H groups in total. The number of amidine groups is 4. The molecule has 2 aliphatic heterocycles. The lowest BCUT2D eigenvalue weighted by molar-refractivity contribution is -0.385. The first-order valence-corrected chi connectivity index (χ1v) is 20.8. The van der Waals surface area contributed by atoms with Crippen LogP contribution < -0.4 is 31.2 Å². The fraction of sp³-hybridized carbons (Fsp3) is 0.136. The van der Waals surface area contributed by atoms with Crippen molar-refractivity contribution in [3.8, 4) is 11.5 Å². The van der Waals surface area contributed by atoms with Crippen molar-refractivity contribution >= 4 is 57.9 Å². The molecule has 0 spiro atoms. The quantitative estimate of drug-likeness (QED) is 0.0206. The summed E-state index contributed by atoms with van der Waals surface area (Å²) in [7, 11) is 0. The van der Waals surface area contributed by atoms with E-state index >= 15 is 0 Å². The van der Waals surface area contributed by atoms with E-state index in [2.05, 4.69) is 66.8 Å². The Bertz CT molecular complexity index is 2840. The van der Waals surface area contributed by atoms with Crippen molar-refractivity contribution < 1.29 is 38.8 Å². The van der Waals surface area contributed by atoms with E-state index in [-0.39, 0.29) is 36.1 Å². The van der Waals surface area contributed by atoms with Gasteiger partial charge in [0.25, 0.3) is 11.4 Å². The summed E-state index contributed by atoms with van der Waals surface area (Å²) < 4.78 is 14.6. The Hall–Kier alpha value is -9.29. The second-order valence-corrected chi connectivity index (χ2v) is 14.0. The van der Waals surface area contributed by atoms with Gasteiger partial charge in [-0.15, -0.1) is 0 Å². The smallest absolute Gasteiger partial charge is 0.434 e. The van der Waals surface area contributed by atoms with Gasteiger partial charge >= 0.3 is 11.6 Å². The van der Waals surface area contributed by atoms with Gasteiger partial charge in [-0.25, -0.2) is 9.59 Å². The number of hydrogen-bond donors (Lipinski definition) is 5. The third-order valence-corrected chi connectivity index (χ3v) is 9.13. The molecule has 0 saturated carbocycles. The second-order valence-electron chi connectivity index (χ2n) is 13.7. The van der Waals surface area contributed by atoms with Gasteiger partial charge in [0.05, 0.1) is 16.5 Å². The molecule has 0 amide bonds. The second kappa shape index (κ2) is 25.4. The molecule has 0 unspecified atom stereocenters. The number of halogens is 1. The molecular formula is C44H39ClN14O10. The summed E-state index contributed by atoms with van der Waals surface area (Å²) >= 11 is 4.92. The van der Waals surface area contributed by atoms with E-state index in [0.717, 1.165) is 23.2 Å². The maximum Gasteiger partial charge on any atom is 0.513 e. The number of benzene rings is 2. The average molecular weight is 959 g/mol. The highest BCUT2D eigenvalue weighted by Crippen LogP contribution is 2.19. The van der Waals surface area contributed by atoms with Gasteiger partial charge < -0.3 is 19.3 Å². The van der Waals surface area contributed by atoms with E-state index in [9.17, 15) is 29.8 Å². The van der Waals surface area contributed by atoms with Gasteiger partial charge in [0.15, 0.2) is 23.3 Å². The minimum Gasteiger partial charge on any atom is -0.434 e. The van der Waals surface area contributed by atoms with Crippen molar-refractivity contribution in [1.29, 1.82) is 0 Å². The number of nitro benzene ring substituents is 2. The lowest BCUT2D eigenvalue weighted by Gasteiger charge is -2.16. The first-order chi connectivity index (χ1) is 33.6. The van der Waals surface area contributed by atoms with E-state index in [0.29, 0.717) is 59.7 Å². The molecule has 6 heterocycles.